The molecule has 1 aromatic carbocycles. The molecule has 0 saturated carbocycles. The maximum Gasteiger partial charge on any atom is 0.155 e. The Balaban J connectivity index is 2.01. The quantitative estimate of drug-likeness (QED) is 0.892. The molecule has 18 heavy (non-hydrogen) atoms. The summed E-state index contributed by atoms with van der Waals surface area (Å²) in [5, 5.41) is 3.48. The molecular weight excluding hydrogens is 226 g/mol. The lowest BCUT2D eigenvalue weighted by atomic mass is 9.86. The SMILES string of the molecule is CC1OCC(CNc2ccccc2C(C)(C)C)O1. The van der Waals surface area contributed by atoms with Gasteiger partial charge >= 0.3 is 0 Å². The lowest BCUT2D eigenvalue weighted by Crippen LogP contribution is -2.24. The van der Waals surface area contributed by atoms with Crippen molar-refractivity contribution >= 4 is 5.69 Å². The van der Waals surface area contributed by atoms with Crippen molar-refractivity contribution in [1.82, 2.24) is 0 Å². The molecule has 1 saturated heterocycles. The summed E-state index contributed by atoms with van der Waals surface area (Å²) < 4.78 is 11.0. The van der Waals surface area contributed by atoms with Gasteiger partial charge in [0.25, 0.3) is 0 Å². The average Bonchev–Trinajstić information content (AvgIpc) is 2.72. The van der Waals surface area contributed by atoms with Gasteiger partial charge in [0, 0.05) is 12.2 Å². The Hall–Kier alpha value is -1.06. The molecular formula is C15H23NO2. The van der Waals surface area contributed by atoms with Crippen LogP contribution in [-0.2, 0) is 14.9 Å². The number of hydrogen-bond donors (Lipinski definition) is 1. The summed E-state index contributed by atoms with van der Waals surface area (Å²) in [6.07, 6.45) is 0.0719. The Morgan fingerprint density at radius 3 is 2.61 bits per heavy atom. The van der Waals surface area contributed by atoms with Crippen molar-refractivity contribution in [3.63, 3.8) is 0 Å². The Labute approximate surface area is 109 Å². The fourth-order valence-electron chi connectivity index (χ4n) is 2.21. The summed E-state index contributed by atoms with van der Waals surface area (Å²) in [6, 6.07) is 8.45. The Morgan fingerprint density at radius 1 is 1.28 bits per heavy atom. The normalized spacial score (nSPS) is 24.2. The molecule has 0 bridgehead atoms. The van der Waals surface area contributed by atoms with Gasteiger partial charge in [-0.05, 0) is 24.0 Å². The van der Waals surface area contributed by atoms with Gasteiger partial charge in [-0.25, -0.2) is 0 Å². The zero-order valence-electron chi connectivity index (χ0n) is 11.7. The van der Waals surface area contributed by atoms with E-state index in [1.807, 2.05) is 6.92 Å². The molecule has 0 aliphatic carbocycles. The smallest absolute Gasteiger partial charge is 0.155 e. The van der Waals surface area contributed by atoms with Crippen LogP contribution >= 0.6 is 0 Å². The molecule has 1 aliphatic rings. The van der Waals surface area contributed by atoms with Gasteiger partial charge in [-0.3, -0.25) is 0 Å². The van der Waals surface area contributed by atoms with Crippen LogP contribution in [0.1, 0.15) is 33.3 Å². The predicted molar refractivity (Wildman–Crippen MR) is 73.9 cm³/mol. The van der Waals surface area contributed by atoms with Crippen LogP contribution < -0.4 is 5.32 Å². The summed E-state index contributed by atoms with van der Waals surface area (Å²) in [4.78, 5) is 0. The number of nitrogens with one attached hydrogen (secondary N) is 1. The van der Waals surface area contributed by atoms with Gasteiger partial charge in [0.2, 0.25) is 0 Å². The first-order valence-corrected chi connectivity index (χ1v) is 6.57. The van der Waals surface area contributed by atoms with Gasteiger partial charge in [-0.2, -0.15) is 0 Å². The van der Waals surface area contributed by atoms with E-state index in [1.54, 1.807) is 0 Å². The van der Waals surface area contributed by atoms with E-state index in [0.717, 1.165) is 6.54 Å². The third-order valence-corrected chi connectivity index (χ3v) is 3.16. The van der Waals surface area contributed by atoms with E-state index in [9.17, 15) is 0 Å². The van der Waals surface area contributed by atoms with Crippen molar-refractivity contribution in [3.05, 3.63) is 29.8 Å². The Morgan fingerprint density at radius 2 is 2.00 bits per heavy atom. The molecule has 1 N–H and O–H groups in total. The van der Waals surface area contributed by atoms with E-state index in [-0.39, 0.29) is 17.8 Å². The highest BCUT2D eigenvalue weighted by molar-refractivity contribution is 5.54. The van der Waals surface area contributed by atoms with Gasteiger partial charge in [0.15, 0.2) is 6.29 Å². The number of para-hydroxylation sites is 1. The van der Waals surface area contributed by atoms with E-state index in [4.69, 9.17) is 9.47 Å². The zero-order chi connectivity index (χ0) is 13.2. The molecule has 1 aromatic rings. The Kier molecular flexibility index (Phi) is 3.93. The molecule has 1 fully saturated rings. The molecule has 2 atom stereocenters. The van der Waals surface area contributed by atoms with E-state index < -0.39 is 0 Å². The molecule has 1 aliphatic heterocycles. The van der Waals surface area contributed by atoms with Crippen LogP contribution in [0.2, 0.25) is 0 Å². The molecule has 0 spiro atoms. The molecule has 3 heteroatoms. The van der Waals surface area contributed by atoms with Crippen LogP contribution in [0.25, 0.3) is 0 Å². The highest BCUT2D eigenvalue weighted by atomic mass is 16.7. The summed E-state index contributed by atoms with van der Waals surface area (Å²) >= 11 is 0. The number of anilines is 1. The lowest BCUT2D eigenvalue weighted by Gasteiger charge is -2.24. The topological polar surface area (TPSA) is 30.5 Å². The largest absolute Gasteiger partial charge is 0.382 e. The minimum Gasteiger partial charge on any atom is -0.382 e. The number of ether oxygens (including phenoxy) is 2. The van der Waals surface area contributed by atoms with Gasteiger partial charge < -0.3 is 14.8 Å². The second kappa shape index (κ2) is 5.29. The van der Waals surface area contributed by atoms with Crippen molar-refractivity contribution in [2.75, 3.05) is 18.5 Å². The summed E-state index contributed by atoms with van der Waals surface area (Å²) in [5.74, 6) is 0. The lowest BCUT2D eigenvalue weighted by molar-refractivity contribution is -0.0398. The number of benzene rings is 1. The van der Waals surface area contributed by atoms with Gasteiger partial charge in [-0.15, -0.1) is 0 Å². The second-order valence-electron chi connectivity index (χ2n) is 5.84. The molecule has 0 radical (unpaired) electrons. The summed E-state index contributed by atoms with van der Waals surface area (Å²) in [7, 11) is 0. The van der Waals surface area contributed by atoms with Crippen LogP contribution in [-0.4, -0.2) is 25.5 Å². The maximum atomic E-state index is 5.62. The second-order valence-corrected chi connectivity index (χ2v) is 5.84. The highest BCUT2D eigenvalue weighted by Gasteiger charge is 2.23. The van der Waals surface area contributed by atoms with Crippen LogP contribution in [0.3, 0.4) is 0 Å². The molecule has 100 valence electrons. The van der Waals surface area contributed by atoms with Gasteiger partial charge in [0.05, 0.1) is 6.61 Å². The third kappa shape index (κ3) is 3.24. The molecule has 0 aromatic heterocycles. The van der Waals surface area contributed by atoms with Gasteiger partial charge in [0.1, 0.15) is 6.10 Å². The van der Waals surface area contributed by atoms with Crippen molar-refractivity contribution < 1.29 is 9.47 Å². The molecule has 0 amide bonds. The molecule has 1 heterocycles. The van der Waals surface area contributed by atoms with Crippen molar-refractivity contribution in [1.29, 1.82) is 0 Å². The zero-order valence-corrected chi connectivity index (χ0v) is 11.7. The minimum atomic E-state index is -0.0744. The fourth-order valence-corrected chi connectivity index (χ4v) is 2.21. The van der Waals surface area contributed by atoms with E-state index in [1.165, 1.54) is 11.3 Å². The first-order valence-electron chi connectivity index (χ1n) is 6.57. The first-order chi connectivity index (χ1) is 8.47. The van der Waals surface area contributed by atoms with Crippen LogP contribution in [0.15, 0.2) is 24.3 Å². The van der Waals surface area contributed by atoms with E-state index >= 15 is 0 Å². The van der Waals surface area contributed by atoms with E-state index in [0.29, 0.717) is 6.61 Å². The molecule has 3 nitrogen and oxygen atoms in total. The van der Waals surface area contributed by atoms with Crippen LogP contribution in [0, 0.1) is 0 Å². The standard InChI is InChI=1S/C15H23NO2/c1-11-17-10-12(18-11)9-16-14-8-6-5-7-13(14)15(2,3)4/h5-8,11-12,16H,9-10H2,1-4H3. The number of hydrogen-bond acceptors (Lipinski definition) is 3. The average molecular weight is 249 g/mol. The van der Waals surface area contributed by atoms with Crippen LogP contribution in [0.4, 0.5) is 5.69 Å². The van der Waals surface area contributed by atoms with Crippen LogP contribution in [0.5, 0.6) is 0 Å². The fraction of sp³-hybridized carbons (Fsp3) is 0.600. The predicted octanol–water partition coefficient (Wildman–Crippen LogP) is 3.16. The first kappa shape index (κ1) is 13.4. The monoisotopic (exact) mass is 249 g/mol. The maximum absolute atomic E-state index is 5.62. The van der Waals surface area contributed by atoms with Crippen molar-refractivity contribution in [2.45, 2.75) is 45.5 Å². The van der Waals surface area contributed by atoms with Crippen molar-refractivity contribution in [2.24, 2.45) is 0 Å². The van der Waals surface area contributed by atoms with Gasteiger partial charge in [-0.1, -0.05) is 39.0 Å². The summed E-state index contributed by atoms with van der Waals surface area (Å²) in [6.45, 7) is 10.1. The number of rotatable bonds is 3. The Bertz CT molecular complexity index is 398. The minimum absolute atomic E-state index is 0.0744. The van der Waals surface area contributed by atoms with E-state index in [2.05, 4.69) is 50.4 Å². The highest BCUT2D eigenvalue weighted by Crippen LogP contribution is 2.29. The third-order valence-electron chi connectivity index (χ3n) is 3.16. The summed E-state index contributed by atoms with van der Waals surface area (Å²) in [5.41, 5.74) is 2.66. The van der Waals surface area contributed by atoms with Crippen molar-refractivity contribution in [3.8, 4) is 0 Å². The molecule has 2 rings (SSSR count). The molecule has 2 unspecified atom stereocenters.